The van der Waals surface area contributed by atoms with E-state index in [1.807, 2.05) is 10.7 Å². The first-order chi connectivity index (χ1) is 8.33. The third-order valence-electron chi connectivity index (χ3n) is 3.51. The number of aliphatic hydroxyl groups excluding tert-OH is 1. The van der Waals surface area contributed by atoms with Crippen LogP contribution < -0.4 is 0 Å². The maximum Gasteiger partial charge on any atom is 0.117 e. The van der Waals surface area contributed by atoms with Gasteiger partial charge in [-0.05, 0) is 44.2 Å². The summed E-state index contributed by atoms with van der Waals surface area (Å²) < 4.78 is 1.88. The summed E-state index contributed by atoms with van der Waals surface area (Å²) in [6.07, 6.45) is 10.7. The zero-order valence-electron chi connectivity index (χ0n) is 10.6. The predicted octanol–water partition coefficient (Wildman–Crippen LogP) is 3.22. The van der Waals surface area contributed by atoms with Gasteiger partial charge in [0, 0.05) is 12.7 Å². The summed E-state index contributed by atoms with van der Waals surface area (Å²) in [5, 5.41) is 14.7. The molecule has 0 aromatic carbocycles. The van der Waals surface area contributed by atoms with Crippen LogP contribution in [0, 0.1) is 0 Å². The largest absolute Gasteiger partial charge is 0.382 e. The summed E-state index contributed by atoms with van der Waals surface area (Å²) in [7, 11) is 0. The van der Waals surface area contributed by atoms with E-state index in [0.29, 0.717) is 0 Å². The Morgan fingerprint density at radius 3 is 3.00 bits per heavy atom. The fourth-order valence-electron chi connectivity index (χ4n) is 2.49. The van der Waals surface area contributed by atoms with Gasteiger partial charge in [-0.15, -0.1) is 0 Å². The molecule has 0 saturated carbocycles. The Morgan fingerprint density at radius 2 is 2.18 bits per heavy atom. The molecule has 0 radical (unpaired) electrons. The Hall–Kier alpha value is -1.09. The fraction of sp³-hybridized carbons (Fsp3) is 0.643. The van der Waals surface area contributed by atoms with E-state index >= 15 is 0 Å². The fourth-order valence-corrected chi connectivity index (χ4v) is 2.49. The smallest absolute Gasteiger partial charge is 0.117 e. The van der Waals surface area contributed by atoms with E-state index in [1.165, 1.54) is 31.3 Å². The number of rotatable bonds is 3. The minimum absolute atomic E-state index is 0.462. The Balaban J connectivity index is 2.14. The number of aliphatic hydroxyl groups is 1. The molecule has 1 unspecified atom stereocenters. The van der Waals surface area contributed by atoms with Gasteiger partial charge in [0.15, 0.2) is 0 Å². The van der Waals surface area contributed by atoms with Crippen LogP contribution in [0.3, 0.4) is 0 Å². The highest BCUT2D eigenvalue weighted by Crippen LogP contribution is 2.28. The summed E-state index contributed by atoms with van der Waals surface area (Å²) >= 11 is 0. The third kappa shape index (κ3) is 2.97. The van der Waals surface area contributed by atoms with Gasteiger partial charge in [-0.2, -0.15) is 5.10 Å². The Bertz CT molecular complexity index is 381. The molecule has 94 valence electrons. The number of nitrogens with zero attached hydrogens (tertiary/aromatic N) is 2. The molecule has 0 amide bonds. The Labute approximate surface area is 103 Å². The molecular formula is C14H22N2O. The molecule has 1 aliphatic carbocycles. The standard InChI is InChI=1S/C14H22N2O/c1-2-16-13(10-11-15-16)14(17)12-8-6-4-3-5-7-9-12/h8,10-11,14,17H,2-7,9H2,1H3/b12-8+. The first-order valence-corrected chi connectivity index (χ1v) is 6.71. The summed E-state index contributed by atoms with van der Waals surface area (Å²) in [5.41, 5.74) is 2.11. The molecule has 1 aromatic rings. The lowest BCUT2D eigenvalue weighted by molar-refractivity contribution is 0.197. The van der Waals surface area contributed by atoms with Crippen molar-refractivity contribution in [2.45, 2.75) is 58.1 Å². The van der Waals surface area contributed by atoms with E-state index in [2.05, 4.69) is 18.1 Å². The third-order valence-corrected chi connectivity index (χ3v) is 3.51. The highest BCUT2D eigenvalue weighted by molar-refractivity contribution is 5.20. The second kappa shape index (κ2) is 6.01. The minimum Gasteiger partial charge on any atom is -0.382 e. The lowest BCUT2D eigenvalue weighted by Crippen LogP contribution is -2.10. The quantitative estimate of drug-likeness (QED) is 0.815. The van der Waals surface area contributed by atoms with Crippen molar-refractivity contribution < 1.29 is 5.11 Å². The van der Waals surface area contributed by atoms with Gasteiger partial charge in [-0.25, -0.2) is 0 Å². The molecule has 3 nitrogen and oxygen atoms in total. The first kappa shape index (κ1) is 12.4. The van der Waals surface area contributed by atoms with E-state index in [0.717, 1.165) is 25.1 Å². The van der Waals surface area contributed by atoms with Crippen LogP contribution in [0.15, 0.2) is 23.9 Å². The van der Waals surface area contributed by atoms with Gasteiger partial charge in [-0.1, -0.05) is 18.9 Å². The van der Waals surface area contributed by atoms with Crippen LogP contribution in [0.2, 0.25) is 0 Å². The van der Waals surface area contributed by atoms with Crippen molar-refractivity contribution in [3.05, 3.63) is 29.6 Å². The van der Waals surface area contributed by atoms with Gasteiger partial charge >= 0.3 is 0 Å². The van der Waals surface area contributed by atoms with E-state index in [4.69, 9.17) is 0 Å². The molecule has 1 atom stereocenters. The first-order valence-electron chi connectivity index (χ1n) is 6.71. The second-order valence-electron chi connectivity index (χ2n) is 4.71. The van der Waals surface area contributed by atoms with Crippen LogP contribution in [-0.2, 0) is 6.54 Å². The van der Waals surface area contributed by atoms with Crippen LogP contribution in [0.25, 0.3) is 0 Å². The van der Waals surface area contributed by atoms with Crippen LogP contribution in [0.5, 0.6) is 0 Å². The topological polar surface area (TPSA) is 38.0 Å². The molecular weight excluding hydrogens is 212 g/mol. The predicted molar refractivity (Wildman–Crippen MR) is 68.6 cm³/mol. The molecule has 1 heterocycles. The molecule has 1 N–H and O–H groups in total. The van der Waals surface area contributed by atoms with Crippen molar-refractivity contribution in [1.82, 2.24) is 9.78 Å². The van der Waals surface area contributed by atoms with Gasteiger partial charge in [0.25, 0.3) is 0 Å². The van der Waals surface area contributed by atoms with Crippen molar-refractivity contribution in [3.63, 3.8) is 0 Å². The molecule has 17 heavy (non-hydrogen) atoms. The molecule has 1 aliphatic rings. The number of hydrogen-bond acceptors (Lipinski definition) is 2. The molecule has 0 bridgehead atoms. The average molecular weight is 234 g/mol. The molecule has 1 aromatic heterocycles. The van der Waals surface area contributed by atoms with Crippen LogP contribution in [0.4, 0.5) is 0 Å². The Morgan fingerprint density at radius 1 is 1.35 bits per heavy atom. The van der Waals surface area contributed by atoms with Gasteiger partial charge < -0.3 is 5.11 Å². The molecule has 0 aliphatic heterocycles. The summed E-state index contributed by atoms with van der Waals surface area (Å²) in [5.74, 6) is 0. The average Bonchev–Trinajstić information content (AvgIpc) is 2.75. The van der Waals surface area contributed by atoms with Gasteiger partial charge in [0.05, 0.1) is 5.69 Å². The zero-order chi connectivity index (χ0) is 12.1. The second-order valence-corrected chi connectivity index (χ2v) is 4.71. The summed E-state index contributed by atoms with van der Waals surface area (Å²) in [4.78, 5) is 0. The summed E-state index contributed by atoms with van der Waals surface area (Å²) in [6.45, 7) is 2.86. The zero-order valence-corrected chi connectivity index (χ0v) is 10.6. The lowest BCUT2D eigenvalue weighted by Gasteiger charge is -2.18. The van der Waals surface area contributed by atoms with Gasteiger partial charge in [-0.3, -0.25) is 4.68 Å². The highest BCUT2D eigenvalue weighted by Gasteiger charge is 2.17. The van der Waals surface area contributed by atoms with Crippen LogP contribution in [-0.4, -0.2) is 14.9 Å². The number of aryl methyl sites for hydroxylation is 1. The Kier molecular flexibility index (Phi) is 4.37. The van der Waals surface area contributed by atoms with Gasteiger partial charge in [0.1, 0.15) is 6.10 Å². The minimum atomic E-state index is -0.462. The lowest BCUT2D eigenvalue weighted by atomic mass is 9.95. The molecule has 0 spiro atoms. The summed E-state index contributed by atoms with van der Waals surface area (Å²) in [6, 6.07) is 1.92. The van der Waals surface area contributed by atoms with Crippen molar-refractivity contribution in [2.24, 2.45) is 0 Å². The van der Waals surface area contributed by atoms with Crippen molar-refractivity contribution in [3.8, 4) is 0 Å². The molecule has 2 rings (SSSR count). The maximum absolute atomic E-state index is 10.4. The monoisotopic (exact) mass is 234 g/mol. The van der Waals surface area contributed by atoms with Crippen LogP contribution in [0.1, 0.15) is 57.2 Å². The van der Waals surface area contributed by atoms with E-state index in [9.17, 15) is 5.11 Å². The van der Waals surface area contributed by atoms with Gasteiger partial charge in [0.2, 0.25) is 0 Å². The van der Waals surface area contributed by atoms with Crippen molar-refractivity contribution in [1.29, 1.82) is 0 Å². The number of hydrogen-bond donors (Lipinski definition) is 1. The SMILES string of the molecule is CCn1nccc1C(O)/C1=C/CCCCCC1. The van der Waals surface area contributed by atoms with Crippen molar-refractivity contribution >= 4 is 0 Å². The number of aromatic nitrogens is 2. The molecule has 0 fully saturated rings. The maximum atomic E-state index is 10.4. The van der Waals surface area contributed by atoms with E-state index < -0.39 is 6.10 Å². The van der Waals surface area contributed by atoms with Crippen LogP contribution >= 0.6 is 0 Å². The normalized spacial score (nSPS) is 22.4. The van der Waals surface area contributed by atoms with E-state index in [-0.39, 0.29) is 0 Å². The molecule has 3 heteroatoms. The molecule has 0 saturated heterocycles. The van der Waals surface area contributed by atoms with E-state index in [1.54, 1.807) is 6.20 Å². The highest BCUT2D eigenvalue weighted by atomic mass is 16.3. The number of allylic oxidation sites excluding steroid dienone is 1. The van der Waals surface area contributed by atoms with Crippen molar-refractivity contribution in [2.75, 3.05) is 0 Å².